The highest BCUT2D eigenvalue weighted by Gasteiger charge is 2.30. The van der Waals surface area contributed by atoms with Crippen molar-refractivity contribution in [3.05, 3.63) is 64.1 Å². The van der Waals surface area contributed by atoms with Crippen LogP contribution in [0.25, 0.3) is 11.2 Å². The van der Waals surface area contributed by atoms with Gasteiger partial charge in [-0.05, 0) is 50.3 Å². The fourth-order valence-corrected chi connectivity index (χ4v) is 5.42. The molecule has 0 spiro atoms. The summed E-state index contributed by atoms with van der Waals surface area (Å²) in [5.74, 6) is 0.428. The highest BCUT2D eigenvalue weighted by molar-refractivity contribution is 5.80. The minimum absolute atomic E-state index is 0.122. The molecule has 1 aromatic carbocycles. The smallest absolute Gasteiger partial charge is 0.295 e. The number of nitrogens with one attached hydrogen (secondary N) is 1. The van der Waals surface area contributed by atoms with Gasteiger partial charge in [0.05, 0.1) is 12.5 Å². The Bertz CT molecular complexity index is 1230. The van der Waals surface area contributed by atoms with Crippen LogP contribution in [0.4, 0.5) is 5.82 Å². The standard InChI is InChI=1S/C28H35N5O2/c1-20-12-14-21(15-13-20)18-33-25-24(11-6-16-29-25)31-26(28(33)35)32-17-7-8-22(19-32)27(34)30-23-9-4-2-3-5-10-23/h6,11-16,22-23H,2-5,7-10,17-19H2,1H3,(H,30,34)/t22-/m0/s1. The molecule has 1 aliphatic carbocycles. The van der Waals surface area contributed by atoms with E-state index in [2.05, 4.69) is 29.4 Å². The molecule has 35 heavy (non-hydrogen) atoms. The normalized spacial score (nSPS) is 19.5. The summed E-state index contributed by atoms with van der Waals surface area (Å²) in [6.45, 7) is 3.74. The SMILES string of the molecule is Cc1ccc(Cn2c(=O)c(N3CCC[C@H](C(=O)NC4CCCCCC4)C3)nc3cccnc32)cc1. The van der Waals surface area contributed by atoms with Crippen LogP contribution in [-0.2, 0) is 11.3 Å². The summed E-state index contributed by atoms with van der Waals surface area (Å²) in [5, 5.41) is 3.31. The Morgan fingerprint density at radius 2 is 1.80 bits per heavy atom. The van der Waals surface area contributed by atoms with E-state index in [4.69, 9.17) is 4.98 Å². The topological polar surface area (TPSA) is 80.1 Å². The van der Waals surface area contributed by atoms with E-state index >= 15 is 0 Å². The second-order valence-corrected chi connectivity index (χ2v) is 10.1. The number of pyridine rings is 1. The molecule has 7 heteroatoms. The molecular formula is C28H35N5O2. The molecule has 7 nitrogen and oxygen atoms in total. The molecule has 5 rings (SSSR count). The van der Waals surface area contributed by atoms with E-state index in [1.165, 1.54) is 31.2 Å². The van der Waals surface area contributed by atoms with Crippen molar-refractivity contribution >= 4 is 22.9 Å². The minimum Gasteiger partial charge on any atom is -0.353 e. The van der Waals surface area contributed by atoms with Crippen LogP contribution in [0.3, 0.4) is 0 Å². The van der Waals surface area contributed by atoms with E-state index in [-0.39, 0.29) is 23.4 Å². The molecule has 0 bridgehead atoms. The van der Waals surface area contributed by atoms with Crippen LogP contribution in [0.5, 0.6) is 0 Å². The van der Waals surface area contributed by atoms with Crippen molar-refractivity contribution in [1.29, 1.82) is 0 Å². The van der Waals surface area contributed by atoms with Crippen LogP contribution < -0.4 is 15.8 Å². The van der Waals surface area contributed by atoms with Gasteiger partial charge in [0.2, 0.25) is 5.91 Å². The maximum Gasteiger partial charge on any atom is 0.295 e. The summed E-state index contributed by atoms with van der Waals surface area (Å²) in [5.41, 5.74) is 3.35. The molecule has 184 valence electrons. The molecule has 3 aromatic rings. The van der Waals surface area contributed by atoms with E-state index in [0.717, 1.165) is 37.8 Å². The van der Waals surface area contributed by atoms with Crippen LogP contribution in [0.2, 0.25) is 0 Å². The predicted octanol–water partition coefficient (Wildman–Crippen LogP) is 4.20. The highest BCUT2D eigenvalue weighted by Crippen LogP contribution is 2.23. The first-order valence-corrected chi connectivity index (χ1v) is 13.0. The summed E-state index contributed by atoms with van der Waals surface area (Å²) in [4.78, 5) is 38.1. The zero-order valence-electron chi connectivity index (χ0n) is 20.6. The fourth-order valence-electron chi connectivity index (χ4n) is 5.42. The van der Waals surface area contributed by atoms with Gasteiger partial charge in [-0.3, -0.25) is 14.2 Å². The molecule has 1 saturated carbocycles. The van der Waals surface area contributed by atoms with Gasteiger partial charge in [0.25, 0.3) is 5.56 Å². The number of aryl methyl sites for hydroxylation is 1. The number of piperidine rings is 1. The van der Waals surface area contributed by atoms with Gasteiger partial charge in [0.1, 0.15) is 5.52 Å². The number of carbonyl (C=O) groups excluding carboxylic acids is 1. The van der Waals surface area contributed by atoms with E-state index in [9.17, 15) is 9.59 Å². The van der Waals surface area contributed by atoms with Crippen molar-refractivity contribution < 1.29 is 4.79 Å². The summed E-state index contributed by atoms with van der Waals surface area (Å²) in [6, 6.07) is 12.2. The number of anilines is 1. The number of rotatable bonds is 5. The van der Waals surface area contributed by atoms with Crippen molar-refractivity contribution in [2.45, 2.75) is 70.9 Å². The zero-order chi connectivity index (χ0) is 24.2. The Morgan fingerprint density at radius 3 is 2.57 bits per heavy atom. The van der Waals surface area contributed by atoms with E-state index in [1.54, 1.807) is 10.8 Å². The molecule has 0 radical (unpaired) electrons. The highest BCUT2D eigenvalue weighted by atomic mass is 16.2. The monoisotopic (exact) mass is 473 g/mol. The van der Waals surface area contributed by atoms with E-state index in [0.29, 0.717) is 30.1 Å². The Hall–Kier alpha value is -3.22. The molecule has 2 fully saturated rings. The quantitative estimate of drug-likeness (QED) is 0.562. The van der Waals surface area contributed by atoms with Gasteiger partial charge in [-0.15, -0.1) is 0 Å². The van der Waals surface area contributed by atoms with Crippen molar-refractivity contribution in [3.63, 3.8) is 0 Å². The number of benzene rings is 1. The molecule has 2 aromatic heterocycles. The third-order valence-corrected chi connectivity index (χ3v) is 7.44. The molecule has 1 amide bonds. The molecule has 1 saturated heterocycles. The van der Waals surface area contributed by atoms with E-state index in [1.807, 2.05) is 29.2 Å². The Balaban J connectivity index is 1.40. The van der Waals surface area contributed by atoms with Crippen LogP contribution in [0.1, 0.15) is 62.5 Å². The lowest BCUT2D eigenvalue weighted by molar-refractivity contribution is -0.126. The lowest BCUT2D eigenvalue weighted by atomic mass is 9.96. The minimum atomic E-state index is -0.151. The van der Waals surface area contributed by atoms with Gasteiger partial charge in [0.15, 0.2) is 11.5 Å². The predicted molar refractivity (Wildman–Crippen MR) is 139 cm³/mol. The summed E-state index contributed by atoms with van der Waals surface area (Å²) < 4.78 is 1.72. The van der Waals surface area contributed by atoms with Crippen molar-refractivity contribution in [1.82, 2.24) is 19.9 Å². The molecule has 1 atom stereocenters. The summed E-state index contributed by atoms with van der Waals surface area (Å²) in [6.07, 6.45) is 10.5. The molecular weight excluding hydrogens is 438 g/mol. The first-order chi connectivity index (χ1) is 17.1. The average molecular weight is 474 g/mol. The van der Waals surface area contributed by atoms with E-state index < -0.39 is 0 Å². The molecule has 1 N–H and O–H groups in total. The largest absolute Gasteiger partial charge is 0.353 e. The molecule has 2 aliphatic rings. The van der Waals surface area contributed by atoms with Crippen LogP contribution in [-0.4, -0.2) is 39.6 Å². The van der Waals surface area contributed by atoms with Crippen LogP contribution in [0.15, 0.2) is 47.4 Å². The van der Waals surface area contributed by atoms with Gasteiger partial charge >= 0.3 is 0 Å². The second-order valence-electron chi connectivity index (χ2n) is 10.1. The third kappa shape index (κ3) is 5.39. The number of amides is 1. The van der Waals surface area contributed by atoms with Crippen LogP contribution >= 0.6 is 0 Å². The second kappa shape index (κ2) is 10.6. The summed E-state index contributed by atoms with van der Waals surface area (Å²) in [7, 11) is 0. The molecule has 0 unspecified atom stereocenters. The Morgan fingerprint density at radius 1 is 1.03 bits per heavy atom. The summed E-state index contributed by atoms with van der Waals surface area (Å²) >= 11 is 0. The number of nitrogens with zero attached hydrogens (tertiary/aromatic N) is 4. The number of carbonyl (C=O) groups is 1. The Labute approximate surface area is 206 Å². The first kappa shape index (κ1) is 23.5. The van der Waals surface area contributed by atoms with Crippen molar-refractivity contribution in [2.75, 3.05) is 18.0 Å². The Kier molecular flexibility index (Phi) is 7.11. The van der Waals surface area contributed by atoms with Gasteiger partial charge in [-0.1, -0.05) is 55.5 Å². The number of fused-ring (bicyclic) bond motifs is 1. The van der Waals surface area contributed by atoms with Gasteiger partial charge < -0.3 is 10.2 Å². The molecule has 1 aliphatic heterocycles. The van der Waals surface area contributed by atoms with Gasteiger partial charge in [-0.2, -0.15) is 0 Å². The maximum absolute atomic E-state index is 13.7. The lowest BCUT2D eigenvalue weighted by Gasteiger charge is -2.33. The maximum atomic E-state index is 13.7. The lowest BCUT2D eigenvalue weighted by Crippen LogP contribution is -2.47. The van der Waals surface area contributed by atoms with Gasteiger partial charge in [-0.25, -0.2) is 9.97 Å². The van der Waals surface area contributed by atoms with Crippen LogP contribution in [0, 0.1) is 12.8 Å². The van der Waals surface area contributed by atoms with Crippen molar-refractivity contribution in [3.8, 4) is 0 Å². The molecule has 3 heterocycles. The third-order valence-electron chi connectivity index (χ3n) is 7.44. The number of hydrogen-bond donors (Lipinski definition) is 1. The van der Waals surface area contributed by atoms with Crippen molar-refractivity contribution in [2.24, 2.45) is 5.92 Å². The fraction of sp³-hybridized carbons (Fsp3) is 0.500. The number of hydrogen-bond acceptors (Lipinski definition) is 5. The average Bonchev–Trinajstić information content (AvgIpc) is 3.15. The number of aromatic nitrogens is 3. The zero-order valence-corrected chi connectivity index (χ0v) is 20.6. The first-order valence-electron chi connectivity index (χ1n) is 13.0. The van der Waals surface area contributed by atoms with Gasteiger partial charge in [0, 0.05) is 25.3 Å².